The minimum atomic E-state index is -0.609. The molecule has 0 unspecified atom stereocenters. The van der Waals surface area contributed by atoms with Gasteiger partial charge in [0.05, 0.1) is 6.61 Å². The van der Waals surface area contributed by atoms with Crippen molar-refractivity contribution in [2.75, 3.05) is 6.61 Å². The Labute approximate surface area is 165 Å². The first kappa shape index (κ1) is 23.7. The number of hydrogen-bond acceptors (Lipinski definition) is 2. The molecule has 156 valence electrons. The second-order valence-electron chi connectivity index (χ2n) is 7.58. The lowest BCUT2D eigenvalue weighted by Gasteiger charge is -2.03. The molecule has 0 spiro atoms. The first-order chi connectivity index (χ1) is 13.2. The van der Waals surface area contributed by atoms with Gasteiger partial charge < -0.3 is 9.72 Å². The van der Waals surface area contributed by atoms with E-state index in [9.17, 15) is 9.18 Å². The van der Waals surface area contributed by atoms with Crippen molar-refractivity contribution in [1.29, 1.82) is 0 Å². The van der Waals surface area contributed by atoms with Gasteiger partial charge in [-0.1, -0.05) is 90.4 Å². The second kappa shape index (κ2) is 15.7. The third-order valence-corrected chi connectivity index (χ3v) is 5.10. The highest BCUT2D eigenvalue weighted by molar-refractivity contribution is 5.87. The summed E-state index contributed by atoms with van der Waals surface area (Å²) in [6.07, 6.45) is 19.4. The summed E-state index contributed by atoms with van der Waals surface area (Å²) < 4.78 is 18.6. The van der Waals surface area contributed by atoms with Crippen molar-refractivity contribution in [3.63, 3.8) is 0 Å². The van der Waals surface area contributed by atoms with Crippen molar-refractivity contribution in [3.8, 4) is 0 Å². The number of aryl methyl sites for hydroxylation is 1. The van der Waals surface area contributed by atoms with Crippen LogP contribution in [-0.4, -0.2) is 17.6 Å². The molecular weight excluding hydrogens is 341 g/mol. The Morgan fingerprint density at radius 2 is 1.33 bits per heavy atom. The molecule has 27 heavy (non-hydrogen) atoms. The summed E-state index contributed by atoms with van der Waals surface area (Å²) in [5.41, 5.74) is 0.742. The Balaban J connectivity index is 1.95. The van der Waals surface area contributed by atoms with Crippen LogP contribution in [0.5, 0.6) is 0 Å². The number of unbranched alkanes of at least 4 members (excludes halogenated alkanes) is 13. The number of carbonyl (C=O) groups is 1. The van der Waals surface area contributed by atoms with E-state index in [1.54, 1.807) is 6.92 Å². The van der Waals surface area contributed by atoms with Gasteiger partial charge in [0, 0.05) is 5.69 Å². The summed E-state index contributed by atoms with van der Waals surface area (Å²) in [5, 5.41) is 0. The van der Waals surface area contributed by atoms with Crippen molar-refractivity contribution in [2.24, 2.45) is 0 Å². The number of halogens is 1. The SMILES string of the molecule is CCCCCCCCCCCCCCCCc1cc(F)c(C(=O)OCC)[nH]1. The standard InChI is InChI=1S/C23H40FNO2/c1-3-5-6-7-8-9-10-11-12-13-14-15-16-17-18-20-19-21(24)22(25-20)23(26)27-4-2/h19,25H,3-18H2,1-2H3. The molecule has 0 aliphatic carbocycles. The molecule has 0 aromatic carbocycles. The van der Waals surface area contributed by atoms with Gasteiger partial charge in [-0.3, -0.25) is 0 Å². The number of nitrogens with one attached hydrogen (secondary N) is 1. The van der Waals surface area contributed by atoms with Crippen molar-refractivity contribution < 1.29 is 13.9 Å². The topological polar surface area (TPSA) is 42.1 Å². The zero-order valence-electron chi connectivity index (χ0n) is 17.6. The number of aromatic amines is 1. The van der Waals surface area contributed by atoms with E-state index in [0.717, 1.165) is 25.0 Å². The lowest BCUT2D eigenvalue weighted by Crippen LogP contribution is -2.07. The molecule has 0 atom stereocenters. The van der Waals surface area contributed by atoms with Gasteiger partial charge in [0.1, 0.15) is 0 Å². The van der Waals surface area contributed by atoms with E-state index in [1.165, 1.54) is 83.1 Å². The maximum absolute atomic E-state index is 13.7. The highest BCUT2D eigenvalue weighted by atomic mass is 19.1. The molecule has 1 heterocycles. The number of aromatic nitrogens is 1. The summed E-state index contributed by atoms with van der Waals surface area (Å²) >= 11 is 0. The lowest BCUT2D eigenvalue weighted by atomic mass is 10.0. The van der Waals surface area contributed by atoms with Gasteiger partial charge in [-0.2, -0.15) is 0 Å². The number of esters is 1. The van der Waals surface area contributed by atoms with Crippen LogP contribution in [0.2, 0.25) is 0 Å². The van der Waals surface area contributed by atoms with Crippen LogP contribution in [0.25, 0.3) is 0 Å². The van der Waals surface area contributed by atoms with Gasteiger partial charge in [0.15, 0.2) is 11.5 Å². The zero-order chi connectivity index (χ0) is 19.7. The van der Waals surface area contributed by atoms with E-state index < -0.39 is 11.8 Å². The van der Waals surface area contributed by atoms with Crippen LogP contribution in [0.4, 0.5) is 4.39 Å². The maximum Gasteiger partial charge on any atom is 0.357 e. The maximum atomic E-state index is 13.7. The molecule has 0 saturated heterocycles. The predicted octanol–water partition coefficient (Wildman–Crippen LogP) is 7.35. The zero-order valence-corrected chi connectivity index (χ0v) is 17.6. The van der Waals surface area contributed by atoms with E-state index in [-0.39, 0.29) is 12.3 Å². The van der Waals surface area contributed by atoms with Crippen LogP contribution in [0.1, 0.15) is 120 Å². The minimum absolute atomic E-state index is 0.0442. The van der Waals surface area contributed by atoms with Crippen LogP contribution in [0.15, 0.2) is 6.07 Å². The largest absolute Gasteiger partial charge is 0.461 e. The summed E-state index contributed by atoms with van der Waals surface area (Å²) in [6.45, 7) is 4.24. The number of carbonyl (C=O) groups excluding carboxylic acids is 1. The van der Waals surface area contributed by atoms with Crippen LogP contribution in [0.3, 0.4) is 0 Å². The molecule has 0 fully saturated rings. The molecule has 1 aromatic heterocycles. The Morgan fingerprint density at radius 3 is 1.81 bits per heavy atom. The molecule has 0 radical (unpaired) electrons. The molecule has 3 nitrogen and oxygen atoms in total. The predicted molar refractivity (Wildman–Crippen MR) is 111 cm³/mol. The molecule has 0 aliphatic rings. The summed E-state index contributed by atoms with van der Waals surface area (Å²) in [4.78, 5) is 14.5. The molecule has 1 rings (SSSR count). The minimum Gasteiger partial charge on any atom is -0.461 e. The highest BCUT2D eigenvalue weighted by Crippen LogP contribution is 2.15. The fraction of sp³-hybridized carbons (Fsp3) is 0.783. The van der Waals surface area contributed by atoms with E-state index in [2.05, 4.69) is 11.9 Å². The number of rotatable bonds is 17. The highest BCUT2D eigenvalue weighted by Gasteiger charge is 2.16. The van der Waals surface area contributed by atoms with E-state index >= 15 is 0 Å². The molecule has 4 heteroatoms. The molecule has 1 aromatic rings. The van der Waals surface area contributed by atoms with Crippen LogP contribution < -0.4 is 0 Å². The fourth-order valence-corrected chi connectivity index (χ4v) is 3.48. The molecular formula is C23H40FNO2. The van der Waals surface area contributed by atoms with E-state index in [0.29, 0.717) is 0 Å². The average molecular weight is 382 g/mol. The number of hydrogen-bond donors (Lipinski definition) is 1. The van der Waals surface area contributed by atoms with Gasteiger partial charge in [-0.05, 0) is 25.8 Å². The van der Waals surface area contributed by atoms with E-state index in [1.807, 2.05) is 0 Å². The first-order valence-electron chi connectivity index (χ1n) is 11.2. The monoisotopic (exact) mass is 381 g/mol. The Morgan fingerprint density at radius 1 is 0.852 bits per heavy atom. The van der Waals surface area contributed by atoms with Crippen molar-refractivity contribution in [2.45, 2.75) is 110 Å². The molecule has 1 N–H and O–H groups in total. The molecule has 0 saturated carbocycles. The van der Waals surface area contributed by atoms with Crippen molar-refractivity contribution >= 4 is 5.97 Å². The molecule has 0 amide bonds. The quantitative estimate of drug-likeness (QED) is 0.226. The van der Waals surface area contributed by atoms with Crippen molar-refractivity contribution in [3.05, 3.63) is 23.3 Å². The van der Waals surface area contributed by atoms with E-state index in [4.69, 9.17) is 4.74 Å². The smallest absolute Gasteiger partial charge is 0.357 e. The summed E-state index contributed by atoms with van der Waals surface area (Å²) in [7, 11) is 0. The second-order valence-corrected chi connectivity index (χ2v) is 7.58. The van der Waals surface area contributed by atoms with Gasteiger partial charge in [-0.15, -0.1) is 0 Å². The number of H-pyrrole nitrogens is 1. The molecule has 0 bridgehead atoms. The normalized spacial score (nSPS) is 11.1. The van der Waals surface area contributed by atoms with Crippen molar-refractivity contribution in [1.82, 2.24) is 4.98 Å². The Bertz CT molecular complexity index is 499. The third-order valence-electron chi connectivity index (χ3n) is 5.10. The lowest BCUT2D eigenvalue weighted by molar-refractivity contribution is 0.0514. The van der Waals surface area contributed by atoms with Crippen LogP contribution >= 0.6 is 0 Å². The average Bonchev–Trinajstić information content (AvgIpc) is 3.03. The Hall–Kier alpha value is -1.32. The third kappa shape index (κ3) is 11.2. The fourth-order valence-electron chi connectivity index (χ4n) is 3.48. The first-order valence-corrected chi connectivity index (χ1v) is 11.2. The van der Waals surface area contributed by atoms with Crippen LogP contribution in [0, 0.1) is 5.82 Å². The van der Waals surface area contributed by atoms with Gasteiger partial charge in [-0.25, -0.2) is 9.18 Å². The Kier molecular flexibility index (Phi) is 13.8. The van der Waals surface area contributed by atoms with Crippen LogP contribution in [-0.2, 0) is 11.2 Å². The van der Waals surface area contributed by atoms with Gasteiger partial charge >= 0.3 is 5.97 Å². The van der Waals surface area contributed by atoms with Gasteiger partial charge in [0.2, 0.25) is 0 Å². The number of ether oxygens (including phenoxy) is 1. The molecule has 0 aliphatic heterocycles. The van der Waals surface area contributed by atoms with Gasteiger partial charge in [0.25, 0.3) is 0 Å². The summed E-state index contributed by atoms with van der Waals surface area (Å²) in [6, 6.07) is 1.43. The summed E-state index contributed by atoms with van der Waals surface area (Å²) in [5.74, 6) is -1.11.